The van der Waals surface area contributed by atoms with Gasteiger partial charge in [0.15, 0.2) is 0 Å². The second-order valence-corrected chi connectivity index (χ2v) is 6.20. The molecule has 1 aromatic rings. The van der Waals surface area contributed by atoms with Crippen molar-refractivity contribution in [2.45, 2.75) is 51.6 Å². The van der Waals surface area contributed by atoms with Gasteiger partial charge in [0, 0.05) is 6.04 Å². The number of nitrogens with two attached hydrogens (primary N) is 1. The van der Waals surface area contributed by atoms with E-state index in [1.165, 1.54) is 0 Å². The van der Waals surface area contributed by atoms with Gasteiger partial charge in [-0.2, -0.15) is 0 Å². The Balaban J connectivity index is 0.00000288. The average molecular weight is 355 g/mol. The van der Waals surface area contributed by atoms with E-state index >= 15 is 0 Å². The van der Waals surface area contributed by atoms with Gasteiger partial charge < -0.3 is 15.8 Å². The van der Waals surface area contributed by atoms with Crippen molar-refractivity contribution in [3.8, 4) is 0 Å². The summed E-state index contributed by atoms with van der Waals surface area (Å²) >= 11 is 0. The molecule has 5 nitrogen and oxygen atoms in total. The van der Waals surface area contributed by atoms with Crippen molar-refractivity contribution in [3.05, 3.63) is 35.4 Å². The first-order valence-corrected chi connectivity index (χ1v) is 8.30. The molecule has 0 saturated heterocycles. The van der Waals surface area contributed by atoms with E-state index in [1.807, 2.05) is 38.1 Å². The summed E-state index contributed by atoms with van der Waals surface area (Å²) in [5.74, 6) is -0.309. The van der Waals surface area contributed by atoms with Gasteiger partial charge in [0.1, 0.15) is 6.04 Å². The minimum Gasteiger partial charge on any atom is -0.466 e. The number of hydrogen-bond acceptors (Lipinski definition) is 4. The third-order valence-electron chi connectivity index (χ3n) is 4.41. The van der Waals surface area contributed by atoms with Crippen LogP contribution >= 0.6 is 12.4 Å². The van der Waals surface area contributed by atoms with Crippen molar-refractivity contribution in [1.82, 2.24) is 5.32 Å². The monoisotopic (exact) mass is 354 g/mol. The molecule has 1 amide bonds. The summed E-state index contributed by atoms with van der Waals surface area (Å²) in [7, 11) is 0. The van der Waals surface area contributed by atoms with Crippen LogP contribution < -0.4 is 11.1 Å². The zero-order chi connectivity index (χ0) is 16.8. The predicted octanol–water partition coefficient (Wildman–Crippen LogP) is 2.65. The third kappa shape index (κ3) is 5.49. The van der Waals surface area contributed by atoms with Crippen LogP contribution in [-0.2, 0) is 14.3 Å². The maximum Gasteiger partial charge on any atom is 0.308 e. The average Bonchev–Trinajstić information content (AvgIpc) is 2.55. The van der Waals surface area contributed by atoms with Crippen molar-refractivity contribution in [2.24, 2.45) is 11.7 Å². The predicted molar refractivity (Wildman–Crippen MR) is 95.9 cm³/mol. The number of amides is 1. The second kappa shape index (κ2) is 9.64. The molecule has 1 atom stereocenters. The lowest BCUT2D eigenvalue weighted by Crippen LogP contribution is -2.43. The number of aryl methyl sites for hydroxylation is 1. The summed E-state index contributed by atoms with van der Waals surface area (Å²) < 4.78 is 5.06. The summed E-state index contributed by atoms with van der Waals surface area (Å²) in [6, 6.07) is 7.11. The molecule has 1 fully saturated rings. The van der Waals surface area contributed by atoms with E-state index in [0.29, 0.717) is 6.61 Å². The lowest BCUT2D eigenvalue weighted by molar-refractivity contribution is -0.149. The smallest absolute Gasteiger partial charge is 0.308 e. The van der Waals surface area contributed by atoms with Crippen molar-refractivity contribution in [2.75, 3.05) is 6.61 Å². The lowest BCUT2D eigenvalue weighted by Gasteiger charge is -2.28. The van der Waals surface area contributed by atoms with Crippen LogP contribution in [0, 0.1) is 12.8 Å². The third-order valence-corrected chi connectivity index (χ3v) is 4.41. The number of benzene rings is 1. The fourth-order valence-corrected chi connectivity index (χ4v) is 2.95. The molecule has 1 aromatic carbocycles. The van der Waals surface area contributed by atoms with Crippen LogP contribution in [-0.4, -0.2) is 24.5 Å². The number of carbonyl (C=O) groups excluding carboxylic acids is 2. The Morgan fingerprint density at radius 1 is 1.21 bits per heavy atom. The molecule has 1 aliphatic rings. The molecular weight excluding hydrogens is 328 g/mol. The quantitative estimate of drug-likeness (QED) is 0.796. The summed E-state index contributed by atoms with van der Waals surface area (Å²) in [6.45, 7) is 4.23. The molecule has 24 heavy (non-hydrogen) atoms. The highest BCUT2D eigenvalue weighted by Gasteiger charge is 2.29. The van der Waals surface area contributed by atoms with E-state index < -0.39 is 6.04 Å². The summed E-state index contributed by atoms with van der Waals surface area (Å²) in [6.07, 6.45) is 3.08. The van der Waals surface area contributed by atoms with E-state index in [2.05, 4.69) is 5.32 Å². The Kier molecular flexibility index (Phi) is 8.22. The largest absolute Gasteiger partial charge is 0.466 e. The van der Waals surface area contributed by atoms with E-state index in [-0.39, 0.29) is 36.2 Å². The van der Waals surface area contributed by atoms with Gasteiger partial charge in [-0.25, -0.2) is 0 Å². The first-order valence-electron chi connectivity index (χ1n) is 8.30. The highest BCUT2D eigenvalue weighted by atomic mass is 35.5. The number of nitrogens with one attached hydrogen (secondary N) is 1. The highest BCUT2D eigenvalue weighted by Crippen LogP contribution is 2.26. The van der Waals surface area contributed by atoms with Gasteiger partial charge in [-0.15, -0.1) is 12.4 Å². The van der Waals surface area contributed by atoms with Crippen LogP contribution in [0.2, 0.25) is 0 Å². The van der Waals surface area contributed by atoms with Crippen LogP contribution in [0.25, 0.3) is 0 Å². The van der Waals surface area contributed by atoms with Crippen LogP contribution in [0.15, 0.2) is 24.3 Å². The fraction of sp³-hybridized carbons (Fsp3) is 0.556. The number of carbonyl (C=O) groups is 2. The molecule has 134 valence electrons. The summed E-state index contributed by atoms with van der Waals surface area (Å²) in [4.78, 5) is 24.0. The maximum absolute atomic E-state index is 12.3. The molecule has 1 unspecified atom stereocenters. The Labute approximate surface area is 149 Å². The first-order chi connectivity index (χ1) is 11.0. The Bertz CT molecular complexity index is 540. The fourth-order valence-electron chi connectivity index (χ4n) is 2.95. The molecule has 0 radical (unpaired) electrons. The molecule has 0 spiro atoms. The van der Waals surface area contributed by atoms with Crippen LogP contribution in [0.1, 0.15) is 49.8 Å². The number of ether oxygens (including phenoxy) is 1. The lowest BCUT2D eigenvalue weighted by atomic mass is 9.86. The van der Waals surface area contributed by atoms with Gasteiger partial charge in [0.2, 0.25) is 5.91 Å². The number of rotatable bonds is 5. The topological polar surface area (TPSA) is 81.4 Å². The van der Waals surface area contributed by atoms with Crippen LogP contribution in [0.4, 0.5) is 0 Å². The highest BCUT2D eigenvalue weighted by molar-refractivity contribution is 5.85. The summed E-state index contributed by atoms with van der Waals surface area (Å²) in [5.41, 5.74) is 7.99. The maximum atomic E-state index is 12.3. The van der Waals surface area contributed by atoms with Crippen molar-refractivity contribution < 1.29 is 14.3 Å². The number of esters is 1. The van der Waals surface area contributed by atoms with Crippen molar-refractivity contribution in [1.29, 1.82) is 0 Å². The Morgan fingerprint density at radius 3 is 2.33 bits per heavy atom. The SMILES string of the molecule is CCOC(=O)C1CCC(NC(=O)C(N)c2ccc(C)cc2)CC1.Cl. The zero-order valence-electron chi connectivity index (χ0n) is 14.3. The molecular formula is C18H27ClN2O3. The van der Waals surface area contributed by atoms with E-state index in [1.54, 1.807) is 0 Å². The minimum atomic E-state index is -0.654. The second-order valence-electron chi connectivity index (χ2n) is 6.20. The molecule has 0 bridgehead atoms. The molecule has 0 aromatic heterocycles. The molecule has 1 aliphatic carbocycles. The van der Waals surface area contributed by atoms with Gasteiger partial charge >= 0.3 is 5.97 Å². The van der Waals surface area contributed by atoms with Gasteiger partial charge in [0.05, 0.1) is 12.5 Å². The Hall–Kier alpha value is -1.59. The van der Waals surface area contributed by atoms with E-state index in [9.17, 15) is 9.59 Å². The number of hydrogen-bond donors (Lipinski definition) is 2. The molecule has 6 heteroatoms. The first kappa shape index (κ1) is 20.5. The number of halogens is 1. The molecule has 0 aliphatic heterocycles. The normalized spacial score (nSPS) is 21.3. The molecule has 3 N–H and O–H groups in total. The molecule has 1 saturated carbocycles. The van der Waals surface area contributed by atoms with Crippen molar-refractivity contribution >= 4 is 24.3 Å². The van der Waals surface area contributed by atoms with Gasteiger partial charge in [-0.1, -0.05) is 29.8 Å². The van der Waals surface area contributed by atoms with E-state index in [4.69, 9.17) is 10.5 Å². The van der Waals surface area contributed by atoms with Gasteiger partial charge in [-0.3, -0.25) is 9.59 Å². The molecule has 0 heterocycles. The van der Waals surface area contributed by atoms with Gasteiger partial charge in [-0.05, 0) is 45.1 Å². The Morgan fingerprint density at radius 2 is 1.79 bits per heavy atom. The minimum absolute atomic E-state index is 0. The van der Waals surface area contributed by atoms with Crippen LogP contribution in [0.3, 0.4) is 0 Å². The van der Waals surface area contributed by atoms with Gasteiger partial charge in [0.25, 0.3) is 0 Å². The van der Waals surface area contributed by atoms with E-state index in [0.717, 1.165) is 36.8 Å². The zero-order valence-corrected chi connectivity index (χ0v) is 15.1. The van der Waals surface area contributed by atoms with Crippen LogP contribution in [0.5, 0.6) is 0 Å². The standard InChI is InChI=1S/C18H26N2O3.ClH/c1-3-23-18(22)14-8-10-15(11-9-14)20-17(21)16(19)13-6-4-12(2)5-7-13;/h4-7,14-16H,3,8-11,19H2,1-2H3,(H,20,21);1H. The van der Waals surface area contributed by atoms with Crippen molar-refractivity contribution in [3.63, 3.8) is 0 Å². The summed E-state index contributed by atoms with van der Waals surface area (Å²) in [5, 5.41) is 3.01. The molecule has 2 rings (SSSR count).